The summed E-state index contributed by atoms with van der Waals surface area (Å²) in [4.78, 5) is 24.5. The van der Waals surface area contributed by atoms with Crippen molar-refractivity contribution in [2.75, 3.05) is 0 Å². The first-order valence-electron chi connectivity index (χ1n) is 8.58. The lowest BCUT2D eigenvalue weighted by Gasteiger charge is -2.06. The molecule has 1 aliphatic carbocycles. The van der Waals surface area contributed by atoms with Gasteiger partial charge in [0.15, 0.2) is 11.2 Å². The van der Waals surface area contributed by atoms with Crippen LogP contribution in [0.2, 0.25) is 0 Å². The highest BCUT2D eigenvalue weighted by atomic mass is 16.3. The van der Waals surface area contributed by atoms with Crippen LogP contribution < -0.4 is 10.7 Å². The van der Waals surface area contributed by atoms with Gasteiger partial charge >= 0.3 is 0 Å². The SMILES string of the molecule is O=C(NCc1n[nH]c2c1CCCCC2)c1cc(=O)c2ccccc2o1. The summed E-state index contributed by atoms with van der Waals surface area (Å²) in [6, 6.07) is 8.14. The van der Waals surface area contributed by atoms with E-state index >= 15 is 0 Å². The van der Waals surface area contributed by atoms with Gasteiger partial charge in [0.25, 0.3) is 5.91 Å². The summed E-state index contributed by atoms with van der Waals surface area (Å²) in [5.74, 6) is -0.390. The molecule has 6 heteroatoms. The summed E-state index contributed by atoms with van der Waals surface area (Å²) < 4.78 is 5.57. The van der Waals surface area contributed by atoms with Crippen LogP contribution in [-0.2, 0) is 19.4 Å². The van der Waals surface area contributed by atoms with Crippen molar-refractivity contribution in [1.82, 2.24) is 15.5 Å². The zero-order chi connectivity index (χ0) is 17.2. The number of fused-ring (bicyclic) bond motifs is 2. The molecule has 1 amide bonds. The number of carbonyl (C=O) groups excluding carboxylic acids is 1. The Morgan fingerprint density at radius 1 is 1.20 bits per heavy atom. The Morgan fingerprint density at radius 2 is 2.04 bits per heavy atom. The molecule has 0 aliphatic heterocycles. The summed E-state index contributed by atoms with van der Waals surface area (Å²) in [7, 11) is 0. The second kappa shape index (κ2) is 6.55. The van der Waals surface area contributed by atoms with E-state index in [0.717, 1.165) is 25.0 Å². The third-order valence-corrected chi connectivity index (χ3v) is 4.67. The van der Waals surface area contributed by atoms with Crippen molar-refractivity contribution in [3.05, 3.63) is 63.3 Å². The maximum Gasteiger partial charge on any atom is 0.287 e. The van der Waals surface area contributed by atoms with Crippen LogP contribution in [0.3, 0.4) is 0 Å². The summed E-state index contributed by atoms with van der Waals surface area (Å²) in [6.45, 7) is 0.321. The highest BCUT2D eigenvalue weighted by Crippen LogP contribution is 2.21. The number of H-pyrrole nitrogens is 1. The number of aromatic amines is 1. The van der Waals surface area contributed by atoms with Gasteiger partial charge in [0.2, 0.25) is 0 Å². The number of aromatic nitrogens is 2. The largest absolute Gasteiger partial charge is 0.451 e. The molecule has 128 valence electrons. The number of hydrogen-bond acceptors (Lipinski definition) is 4. The molecule has 0 bridgehead atoms. The fraction of sp³-hybridized carbons (Fsp3) is 0.316. The van der Waals surface area contributed by atoms with Gasteiger partial charge < -0.3 is 9.73 Å². The quantitative estimate of drug-likeness (QED) is 0.719. The first-order valence-corrected chi connectivity index (χ1v) is 8.58. The molecule has 0 unspecified atom stereocenters. The van der Waals surface area contributed by atoms with Crippen LogP contribution >= 0.6 is 0 Å². The molecule has 1 aliphatic rings. The molecule has 3 aromatic rings. The van der Waals surface area contributed by atoms with Crippen LogP contribution in [0.15, 0.2) is 39.5 Å². The van der Waals surface area contributed by atoms with Gasteiger partial charge in [-0.25, -0.2) is 0 Å². The van der Waals surface area contributed by atoms with Crippen molar-refractivity contribution >= 4 is 16.9 Å². The standard InChI is InChI=1S/C19H19N3O3/c23-16-10-18(25-17-9-5-4-7-13(16)17)19(24)20-11-15-12-6-2-1-3-8-14(12)21-22-15/h4-5,7,9-10H,1-3,6,8,11H2,(H,20,24)(H,21,22). The molecule has 2 N–H and O–H groups in total. The summed E-state index contributed by atoms with van der Waals surface area (Å²) in [5.41, 5.74) is 3.46. The highest BCUT2D eigenvalue weighted by Gasteiger charge is 2.17. The van der Waals surface area contributed by atoms with E-state index < -0.39 is 5.91 Å². The van der Waals surface area contributed by atoms with Crippen LogP contribution in [0.5, 0.6) is 0 Å². The van der Waals surface area contributed by atoms with Crippen LogP contribution in [0.4, 0.5) is 0 Å². The molecule has 0 fully saturated rings. The molecule has 0 saturated heterocycles. The Morgan fingerprint density at radius 3 is 2.96 bits per heavy atom. The fourth-order valence-corrected chi connectivity index (χ4v) is 3.34. The molecule has 4 rings (SSSR count). The van der Waals surface area contributed by atoms with Gasteiger partial charge in [-0.2, -0.15) is 5.10 Å². The van der Waals surface area contributed by atoms with Crippen molar-refractivity contribution in [2.45, 2.75) is 38.6 Å². The minimum Gasteiger partial charge on any atom is -0.451 e. The number of nitrogens with zero attached hydrogens (tertiary/aromatic N) is 1. The first-order chi connectivity index (χ1) is 12.2. The zero-order valence-electron chi connectivity index (χ0n) is 13.8. The molecule has 2 aromatic heterocycles. The van der Waals surface area contributed by atoms with Crippen molar-refractivity contribution in [1.29, 1.82) is 0 Å². The molecule has 25 heavy (non-hydrogen) atoms. The Balaban J connectivity index is 1.53. The number of benzene rings is 1. The molecule has 2 heterocycles. The Hall–Kier alpha value is -2.89. The van der Waals surface area contributed by atoms with E-state index in [0.29, 0.717) is 17.5 Å². The Bertz CT molecular complexity index is 987. The second-order valence-electron chi connectivity index (χ2n) is 6.34. The van der Waals surface area contributed by atoms with Crippen molar-refractivity contribution in [3.8, 4) is 0 Å². The first kappa shape index (κ1) is 15.6. The van der Waals surface area contributed by atoms with Crippen LogP contribution in [0.25, 0.3) is 11.0 Å². The molecule has 6 nitrogen and oxygen atoms in total. The molecule has 0 atom stereocenters. The van der Waals surface area contributed by atoms with E-state index in [4.69, 9.17) is 4.42 Å². The molecule has 0 saturated carbocycles. The van der Waals surface area contributed by atoms with E-state index in [1.54, 1.807) is 24.3 Å². The fourth-order valence-electron chi connectivity index (χ4n) is 3.34. The van der Waals surface area contributed by atoms with Gasteiger partial charge in [0.05, 0.1) is 17.6 Å². The minimum atomic E-state index is -0.409. The predicted octanol–water partition coefficient (Wildman–Crippen LogP) is 2.72. The lowest BCUT2D eigenvalue weighted by Crippen LogP contribution is -2.24. The molecule has 0 radical (unpaired) electrons. The smallest absolute Gasteiger partial charge is 0.287 e. The van der Waals surface area contributed by atoms with E-state index in [-0.39, 0.29) is 11.2 Å². The van der Waals surface area contributed by atoms with E-state index in [9.17, 15) is 9.59 Å². The lowest BCUT2D eigenvalue weighted by molar-refractivity contribution is 0.0923. The van der Waals surface area contributed by atoms with Gasteiger partial charge in [-0.3, -0.25) is 14.7 Å². The highest BCUT2D eigenvalue weighted by molar-refractivity contribution is 5.93. The number of rotatable bonds is 3. The molecule has 1 aromatic carbocycles. The normalized spacial score (nSPS) is 14.1. The van der Waals surface area contributed by atoms with Crippen molar-refractivity contribution < 1.29 is 9.21 Å². The molecule has 0 spiro atoms. The van der Waals surface area contributed by atoms with Gasteiger partial charge in [-0.05, 0) is 43.4 Å². The summed E-state index contributed by atoms with van der Waals surface area (Å²) >= 11 is 0. The van der Waals surface area contributed by atoms with Gasteiger partial charge in [-0.15, -0.1) is 0 Å². The van der Waals surface area contributed by atoms with Gasteiger partial charge in [0, 0.05) is 11.8 Å². The Labute approximate surface area is 144 Å². The third kappa shape index (κ3) is 3.07. The second-order valence-corrected chi connectivity index (χ2v) is 6.34. The van der Waals surface area contributed by atoms with E-state index in [1.807, 2.05) is 0 Å². The maximum absolute atomic E-state index is 12.4. The van der Waals surface area contributed by atoms with E-state index in [2.05, 4.69) is 15.5 Å². The predicted molar refractivity (Wildman–Crippen MR) is 93.5 cm³/mol. The maximum atomic E-state index is 12.4. The van der Waals surface area contributed by atoms with Gasteiger partial charge in [0.1, 0.15) is 5.58 Å². The van der Waals surface area contributed by atoms with Crippen molar-refractivity contribution in [3.63, 3.8) is 0 Å². The number of carbonyl (C=O) groups is 1. The van der Waals surface area contributed by atoms with E-state index in [1.165, 1.54) is 30.2 Å². The van der Waals surface area contributed by atoms with Crippen LogP contribution in [0, 0.1) is 0 Å². The number of hydrogen-bond donors (Lipinski definition) is 2. The average Bonchev–Trinajstić information content (AvgIpc) is 2.86. The molecular weight excluding hydrogens is 318 g/mol. The lowest BCUT2D eigenvalue weighted by atomic mass is 10.1. The third-order valence-electron chi connectivity index (χ3n) is 4.67. The van der Waals surface area contributed by atoms with Crippen molar-refractivity contribution in [2.24, 2.45) is 0 Å². The van der Waals surface area contributed by atoms with Crippen LogP contribution in [0.1, 0.15) is 46.8 Å². The number of amides is 1. The summed E-state index contributed by atoms with van der Waals surface area (Å²) in [5, 5.41) is 10.7. The molecular formula is C19H19N3O3. The number of aryl methyl sites for hydroxylation is 1. The monoisotopic (exact) mass is 337 g/mol. The average molecular weight is 337 g/mol. The van der Waals surface area contributed by atoms with Crippen LogP contribution in [-0.4, -0.2) is 16.1 Å². The number of nitrogens with one attached hydrogen (secondary N) is 2. The minimum absolute atomic E-state index is 0.0188. The topological polar surface area (TPSA) is 88.0 Å². The summed E-state index contributed by atoms with van der Waals surface area (Å²) in [6.07, 6.45) is 5.53. The zero-order valence-corrected chi connectivity index (χ0v) is 13.8. The Kier molecular flexibility index (Phi) is 4.09. The van der Waals surface area contributed by atoms with Gasteiger partial charge in [-0.1, -0.05) is 18.6 Å². The number of para-hydroxylation sites is 1.